The molecule has 0 spiro atoms. The summed E-state index contributed by atoms with van der Waals surface area (Å²) < 4.78 is 31.8. The van der Waals surface area contributed by atoms with Gasteiger partial charge in [-0.1, -0.05) is 0 Å². The van der Waals surface area contributed by atoms with Gasteiger partial charge in [-0.15, -0.1) is 11.8 Å². The number of fused-ring (bicyclic) bond motifs is 1. The quantitative estimate of drug-likeness (QED) is 0.456. The highest BCUT2D eigenvalue weighted by Crippen LogP contribution is 2.37. The van der Waals surface area contributed by atoms with Crippen molar-refractivity contribution in [2.45, 2.75) is 80.8 Å². The number of carbonyl (C=O) groups is 4. The molecule has 13 heteroatoms. The number of alkyl halides is 2. The zero-order valence-corrected chi connectivity index (χ0v) is 20.7. The molecule has 5 unspecified atom stereocenters. The number of thioether (sulfide) groups is 1. The highest BCUT2D eigenvalue weighted by Gasteiger charge is 2.47. The van der Waals surface area contributed by atoms with E-state index in [4.69, 9.17) is 4.74 Å². The number of nitriles is 1. The average molecular weight is 528 g/mol. The van der Waals surface area contributed by atoms with E-state index in [0.29, 0.717) is 31.6 Å². The number of halogens is 2. The van der Waals surface area contributed by atoms with E-state index in [1.54, 1.807) is 0 Å². The van der Waals surface area contributed by atoms with Gasteiger partial charge in [0.25, 0.3) is 0 Å². The fourth-order valence-electron chi connectivity index (χ4n) is 5.24. The molecule has 0 aromatic carbocycles. The normalized spacial score (nSPS) is 30.6. The van der Waals surface area contributed by atoms with Crippen LogP contribution in [-0.2, 0) is 19.1 Å². The lowest BCUT2D eigenvalue weighted by Crippen LogP contribution is -2.59. The maximum atomic E-state index is 13.3. The predicted octanol–water partition coefficient (Wildman–Crippen LogP) is 1.51. The second-order valence-corrected chi connectivity index (χ2v) is 11.1. The summed E-state index contributed by atoms with van der Waals surface area (Å²) in [6.07, 6.45) is 1.12. The molecule has 3 heterocycles. The third kappa shape index (κ3) is 6.19. The van der Waals surface area contributed by atoms with Crippen LogP contribution in [0.4, 0.5) is 13.6 Å². The number of hydrogen-bond acceptors (Lipinski definition) is 7. The Morgan fingerprint density at radius 1 is 1.22 bits per heavy atom. The molecule has 0 radical (unpaired) electrons. The van der Waals surface area contributed by atoms with Crippen molar-refractivity contribution in [1.82, 2.24) is 20.9 Å². The van der Waals surface area contributed by atoms with E-state index in [1.165, 1.54) is 16.7 Å². The zero-order chi connectivity index (χ0) is 25.9. The average Bonchev–Trinajstić information content (AvgIpc) is 3.46. The maximum Gasteiger partial charge on any atom is 0.407 e. The first kappa shape index (κ1) is 26.4. The van der Waals surface area contributed by atoms with Crippen LogP contribution in [0.25, 0.3) is 0 Å². The van der Waals surface area contributed by atoms with Gasteiger partial charge < -0.3 is 25.6 Å². The fourth-order valence-corrected chi connectivity index (χ4v) is 6.67. The van der Waals surface area contributed by atoms with Crippen LogP contribution < -0.4 is 16.0 Å². The summed E-state index contributed by atoms with van der Waals surface area (Å²) in [4.78, 5) is 51.8. The standard InChI is InChI=1S/C23H31F2N5O5S/c24-23(25)6-3-13(4-7-23)11-35-22(34)29-16-1-2-18-30(21(16)33)17(12-36-18)20(32)28-15(10-26)9-14-5-8-27-19(14)31/h13-18H,1-9,11-12H2,(H,27,31)(H,28,32)(H,29,34). The lowest BCUT2D eigenvalue weighted by atomic mass is 9.87. The number of piperidine rings is 1. The molecule has 36 heavy (non-hydrogen) atoms. The van der Waals surface area contributed by atoms with Gasteiger partial charge in [0.15, 0.2) is 0 Å². The molecule has 1 saturated carbocycles. The van der Waals surface area contributed by atoms with Crippen molar-refractivity contribution < 1.29 is 32.7 Å². The van der Waals surface area contributed by atoms with Crippen LogP contribution in [0.2, 0.25) is 0 Å². The van der Waals surface area contributed by atoms with Crippen LogP contribution in [-0.4, -0.2) is 77.0 Å². The van der Waals surface area contributed by atoms with E-state index in [9.17, 15) is 33.2 Å². The number of carbonyl (C=O) groups excluding carboxylic acids is 4. The Bertz CT molecular complexity index is 921. The van der Waals surface area contributed by atoms with Crippen molar-refractivity contribution in [3.05, 3.63) is 0 Å². The minimum absolute atomic E-state index is 0.0185. The smallest absolute Gasteiger partial charge is 0.407 e. The van der Waals surface area contributed by atoms with Crippen LogP contribution in [0.3, 0.4) is 0 Å². The van der Waals surface area contributed by atoms with Gasteiger partial charge >= 0.3 is 6.09 Å². The highest BCUT2D eigenvalue weighted by molar-refractivity contribution is 8.00. The van der Waals surface area contributed by atoms with E-state index in [0.717, 1.165) is 0 Å². The minimum Gasteiger partial charge on any atom is -0.449 e. The first-order chi connectivity index (χ1) is 17.2. The van der Waals surface area contributed by atoms with E-state index in [2.05, 4.69) is 16.0 Å². The van der Waals surface area contributed by atoms with Crippen LogP contribution >= 0.6 is 11.8 Å². The van der Waals surface area contributed by atoms with Gasteiger partial charge in [-0.2, -0.15) is 5.26 Å². The summed E-state index contributed by atoms with van der Waals surface area (Å²) in [6.45, 7) is 0.566. The molecule has 4 fully saturated rings. The Kier molecular flexibility index (Phi) is 8.22. The molecule has 3 N–H and O–H groups in total. The highest BCUT2D eigenvalue weighted by atomic mass is 32.2. The number of nitrogens with zero attached hydrogens (tertiary/aromatic N) is 2. The van der Waals surface area contributed by atoms with Crippen molar-refractivity contribution in [2.75, 3.05) is 18.9 Å². The molecule has 198 valence electrons. The number of hydrogen-bond donors (Lipinski definition) is 3. The van der Waals surface area contributed by atoms with Gasteiger partial charge in [0.2, 0.25) is 23.6 Å². The maximum absolute atomic E-state index is 13.3. The largest absolute Gasteiger partial charge is 0.449 e. The monoisotopic (exact) mass is 527 g/mol. The first-order valence-electron chi connectivity index (χ1n) is 12.4. The third-order valence-electron chi connectivity index (χ3n) is 7.38. The molecule has 0 aromatic rings. The van der Waals surface area contributed by atoms with Crippen molar-refractivity contribution in [3.63, 3.8) is 0 Å². The van der Waals surface area contributed by atoms with E-state index in [1.807, 2.05) is 6.07 Å². The summed E-state index contributed by atoms with van der Waals surface area (Å²) in [7, 11) is 0. The molecular formula is C23H31F2N5O5S. The second kappa shape index (κ2) is 11.2. The van der Waals surface area contributed by atoms with Gasteiger partial charge in [-0.3, -0.25) is 14.4 Å². The van der Waals surface area contributed by atoms with Crippen LogP contribution in [0.1, 0.15) is 51.4 Å². The topological polar surface area (TPSA) is 141 Å². The molecular weight excluding hydrogens is 496 g/mol. The number of nitrogens with one attached hydrogen (secondary N) is 3. The van der Waals surface area contributed by atoms with Crippen LogP contribution in [0.5, 0.6) is 0 Å². The van der Waals surface area contributed by atoms with Gasteiger partial charge in [-0.05, 0) is 44.4 Å². The zero-order valence-electron chi connectivity index (χ0n) is 19.8. The van der Waals surface area contributed by atoms with E-state index < -0.39 is 42.0 Å². The fraction of sp³-hybridized carbons (Fsp3) is 0.783. The molecule has 4 amide bonds. The van der Waals surface area contributed by atoms with Crippen molar-refractivity contribution in [3.8, 4) is 6.07 Å². The molecule has 3 saturated heterocycles. The Morgan fingerprint density at radius 3 is 2.64 bits per heavy atom. The molecule has 0 bridgehead atoms. The predicted molar refractivity (Wildman–Crippen MR) is 125 cm³/mol. The number of rotatable bonds is 7. The lowest BCUT2D eigenvalue weighted by Gasteiger charge is -2.37. The Morgan fingerprint density at radius 2 is 1.97 bits per heavy atom. The summed E-state index contributed by atoms with van der Waals surface area (Å²) >= 11 is 1.48. The minimum atomic E-state index is -2.65. The van der Waals surface area contributed by atoms with Gasteiger partial charge in [-0.25, -0.2) is 13.6 Å². The SMILES string of the molecule is N#CC(CC1CCNC1=O)NC(=O)C1CSC2CCC(NC(=O)OCC3CCC(F)(F)CC3)C(=O)N21. The first-order valence-corrected chi connectivity index (χ1v) is 13.4. The van der Waals surface area contributed by atoms with Gasteiger partial charge in [0, 0.05) is 31.1 Å². The Hall–Kier alpha value is -2.62. The van der Waals surface area contributed by atoms with E-state index >= 15 is 0 Å². The molecule has 4 rings (SSSR count). The number of ether oxygens (including phenoxy) is 1. The molecule has 0 aromatic heterocycles. The van der Waals surface area contributed by atoms with Crippen molar-refractivity contribution in [2.24, 2.45) is 11.8 Å². The molecule has 3 aliphatic heterocycles. The molecule has 4 aliphatic rings. The number of amides is 4. The Balaban J connectivity index is 1.27. The van der Waals surface area contributed by atoms with Crippen LogP contribution in [0.15, 0.2) is 0 Å². The van der Waals surface area contributed by atoms with Crippen molar-refractivity contribution in [1.29, 1.82) is 5.26 Å². The molecule has 10 nitrogen and oxygen atoms in total. The lowest BCUT2D eigenvalue weighted by molar-refractivity contribution is -0.143. The van der Waals surface area contributed by atoms with Gasteiger partial charge in [0.1, 0.15) is 18.1 Å². The molecule has 5 atom stereocenters. The van der Waals surface area contributed by atoms with E-state index in [-0.39, 0.29) is 61.8 Å². The molecule has 1 aliphatic carbocycles. The summed E-state index contributed by atoms with van der Waals surface area (Å²) in [5.74, 6) is -3.73. The second-order valence-electron chi connectivity index (χ2n) is 9.92. The summed E-state index contributed by atoms with van der Waals surface area (Å²) in [5.41, 5.74) is 0. The summed E-state index contributed by atoms with van der Waals surface area (Å²) in [6, 6.07) is -0.459. The summed E-state index contributed by atoms with van der Waals surface area (Å²) in [5, 5.41) is 17.2. The Labute approximate surface area is 212 Å². The van der Waals surface area contributed by atoms with Gasteiger partial charge in [0.05, 0.1) is 18.0 Å². The van der Waals surface area contributed by atoms with Crippen LogP contribution in [0, 0.1) is 23.2 Å². The van der Waals surface area contributed by atoms with Crippen molar-refractivity contribution >= 4 is 35.6 Å². The third-order valence-corrected chi connectivity index (χ3v) is 8.74. The number of alkyl carbamates (subject to hydrolysis) is 1.